The summed E-state index contributed by atoms with van der Waals surface area (Å²) in [5, 5.41) is 0.0137. The average Bonchev–Trinajstić information content (AvgIpc) is 2.99. The van der Waals surface area contributed by atoms with Gasteiger partial charge in [-0.3, -0.25) is 4.79 Å². The molecule has 8 heteroatoms. The van der Waals surface area contributed by atoms with Crippen LogP contribution in [0.3, 0.4) is 0 Å². The maximum absolute atomic E-state index is 13.9. The summed E-state index contributed by atoms with van der Waals surface area (Å²) in [5.74, 6) is 0.00628. The minimum atomic E-state index is -4.56. The van der Waals surface area contributed by atoms with E-state index in [9.17, 15) is 18.0 Å². The number of rotatable bonds is 3. The highest BCUT2D eigenvalue weighted by Gasteiger charge is 2.50. The summed E-state index contributed by atoms with van der Waals surface area (Å²) in [6.07, 6.45) is -0.734. The molecule has 1 saturated carbocycles. The molecule has 1 aromatic heterocycles. The van der Waals surface area contributed by atoms with Crippen LogP contribution in [0.25, 0.3) is 11.3 Å². The van der Waals surface area contributed by atoms with Gasteiger partial charge in [-0.25, -0.2) is 9.97 Å². The lowest BCUT2D eigenvalue weighted by molar-refractivity contribution is -0.142. The molecule has 0 N–H and O–H groups in total. The molecule has 4 nitrogen and oxygen atoms in total. The van der Waals surface area contributed by atoms with Crippen molar-refractivity contribution >= 4 is 17.7 Å². The van der Waals surface area contributed by atoms with Gasteiger partial charge in [0.1, 0.15) is 0 Å². The van der Waals surface area contributed by atoms with Gasteiger partial charge < -0.3 is 4.90 Å². The van der Waals surface area contributed by atoms with Crippen molar-refractivity contribution < 1.29 is 18.0 Å². The third-order valence-corrected chi connectivity index (χ3v) is 8.06. The van der Waals surface area contributed by atoms with Gasteiger partial charge in [0.2, 0.25) is 5.91 Å². The number of hydrogen-bond donors (Lipinski definition) is 0. The normalized spacial score (nSPS) is 25.5. The van der Waals surface area contributed by atoms with Crippen LogP contribution in [0.1, 0.15) is 56.9 Å². The fraction of sp³-hybridized carbons (Fsp3) is 0.560. The Hall–Kier alpha value is -2.09. The fourth-order valence-corrected chi connectivity index (χ4v) is 7.14. The molecule has 2 fully saturated rings. The molecule has 0 unspecified atom stereocenters. The monoisotopic (exact) mass is 475 g/mol. The SMILES string of the molecule is CC1(C)C[C@@H]2C[C@](C)(CN2C(=O)CSc2nc3c(c(C(F)(F)F)n2)CCc2ccccc2-3)C1. The van der Waals surface area contributed by atoms with Crippen molar-refractivity contribution in [1.29, 1.82) is 0 Å². The Balaban J connectivity index is 1.40. The minimum Gasteiger partial charge on any atom is -0.338 e. The number of fused-ring (bicyclic) bond motifs is 5. The van der Waals surface area contributed by atoms with Gasteiger partial charge in [-0.15, -0.1) is 0 Å². The predicted octanol–water partition coefficient (Wildman–Crippen LogP) is 5.78. The topological polar surface area (TPSA) is 46.1 Å². The second-order valence-corrected chi connectivity index (χ2v) is 11.8. The first-order valence-electron chi connectivity index (χ1n) is 11.4. The number of nitrogens with zero attached hydrogens (tertiary/aromatic N) is 3. The zero-order chi connectivity index (χ0) is 23.6. The molecule has 0 radical (unpaired) electrons. The summed E-state index contributed by atoms with van der Waals surface area (Å²) in [6, 6.07) is 7.64. The molecule has 0 spiro atoms. The van der Waals surface area contributed by atoms with Gasteiger partial charge in [0.05, 0.1) is 11.4 Å². The summed E-state index contributed by atoms with van der Waals surface area (Å²) < 4.78 is 41.6. The Bertz CT molecular complexity index is 1120. The molecule has 2 heterocycles. The van der Waals surface area contributed by atoms with Crippen molar-refractivity contribution in [2.45, 2.75) is 70.2 Å². The lowest BCUT2D eigenvalue weighted by Gasteiger charge is -2.39. The molecule has 2 aromatic rings. The first-order valence-corrected chi connectivity index (χ1v) is 12.4. The lowest BCUT2D eigenvalue weighted by atomic mass is 9.65. The number of alkyl halides is 3. The van der Waals surface area contributed by atoms with Crippen LogP contribution in [0.5, 0.6) is 0 Å². The van der Waals surface area contributed by atoms with E-state index in [-0.39, 0.29) is 45.7 Å². The molecule has 1 aromatic carbocycles. The van der Waals surface area contributed by atoms with E-state index in [4.69, 9.17) is 0 Å². The first-order chi connectivity index (χ1) is 15.4. The van der Waals surface area contributed by atoms with E-state index in [2.05, 4.69) is 30.7 Å². The van der Waals surface area contributed by atoms with E-state index in [1.807, 2.05) is 29.2 Å². The molecule has 1 amide bonds. The molecule has 5 rings (SSSR count). The van der Waals surface area contributed by atoms with Gasteiger partial charge in [-0.1, -0.05) is 56.8 Å². The van der Waals surface area contributed by atoms with Gasteiger partial charge in [0.25, 0.3) is 0 Å². The van der Waals surface area contributed by atoms with Crippen molar-refractivity contribution in [3.05, 3.63) is 41.1 Å². The quantitative estimate of drug-likeness (QED) is 0.417. The van der Waals surface area contributed by atoms with Crippen LogP contribution in [0.2, 0.25) is 0 Å². The number of carbonyl (C=O) groups excluding carboxylic acids is 1. The first kappa shape index (κ1) is 22.7. The summed E-state index contributed by atoms with van der Waals surface area (Å²) in [6.45, 7) is 7.45. The van der Waals surface area contributed by atoms with E-state index in [0.29, 0.717) is 18.7 Å². The number of hydrogen-bond acceptors (Lipinski definition) is 4. The van der Waals surface area contributed by atoms with Gasteiger partial charge in [-0.2, -0.15) is 13.2 Å². The Morgan fingerprint density at radius 3 is 2.67 bits per heavy atom. The zero-order valence-electron chi connectivity index (χ0n) is 19.1. The van der Waals surface area contributed by atoms with E-state index < -0.39 is 11.9 Å². The average molecular weight is 476 g/mol. The van der Waals surface area contributed by atoms with Gasteiger partial charge in [0.15, 0.2) is 10.9 Å². The van der Waals surface area contributed by atoms with Crippen LogP contribution < -0.4 is 0 Å². The van der Waals surface area contributed by atoms with Crippen LogP contribution in [-0.2, 0) is 23.8 Å². The number of amides is 1. The second kappa shape index (κ2) is 7.72. The lowest BCUT2D eigenvalue weighted by Crippen LogP contribution is -2.38. The smallest absolute Gasteiger partial charge is 0.338 e. The second-order valence-electron chi connectivity index (χ2n) is 10.9. The Labute approximate surface area is 196 Å². The summed E-state index contributed by atoms with van der Waals surface area (Å²) >= 11 is 1.01. The highest BCUT2D eigenvalue weighted by atomic mass is 32.2. The number of carbonyl (C=O) groups is 1. The number of aryl methyl sites for hydroxylation is 1. The molecule has 3 aliphatic rings. The molecule has 2 atom stereocenters. The van der Waals surface area contributed by atoms with Crippen LogP contribution in [0, 0.1) is 10.8 Å². The third kappa shape index (κ3) is 4.27. The van der Waals surface area contributed by atoms with Crippen LogP contribution in [0.15, 0.2) is 29.4 Å². The number of aromatic nitrogens is 2. The predicted molar refractivity (Wildman–Crippen MR) is 122 cm³/mol. The standard InChI is InChI=1S/C25H28F3N3OS/c1-23(2)10-16-11-24(3,13-23)14-31(16)19(32)12-33-22-29-20-17-7-5-4-6-15(17)8-9-18(20)21(30-22)25(26,27)28/h4-7,16H,8-14H2,1-3H3/t16-,24+/m1/s1. The third-order valence-electron chi connectivity index (χ3n) is 7.23. The number of thioether (sulfide) groups is 1. The summed E-state index contributed by atoms with van der Waals surface area (Å²) in [5.41, 5.74) is 1.65. The number of benzene rings is 1. The molecule has 2 aliphatic carbocycles. The molecule has 176 valence electrons. The van der Waals surface area contributed by atoms with Crippen LogP contribution in [-0.4, -0.2) is 39.1 Å². The van der Waals surface area contributed by atoms with E-state index in [1.54, 1.807) is 0 Å². The summed E-state index contributed by atoms with van der Waals surface area (Å²) in [7, 11) is 0. The van der Waals surface area contributed by atoms with Gasteiger partial charge in [-0.05, 0) is 48.5 Å². The molecular weight excluding hydrogens is 447 g/mol. The highest BCUT2D eigenvalue weighted by molar-refractivity contribution is 7.99. The molecule has 1 aliphatic heterocycles. The van der Waals surface area contributed by atoms with E-state index in [0.717, 1.165) is 42.2 Å². The Morgan fingerprint density at radius 1 is 1.15 bits per heavy atom. The van der Waals surface area contributed by atoms with Crippen molar-refractivity contribution in [2.24, 2.45) is 10.8 Å². The largest absolute Gasteiger partial charge is 0.433 e. The fourth-order valence-electron chi connectivity index (χ4n) is 6.41. The van der Waals surface area contributed by atoms with Crippen molar-refractivity contribution in [3.8, 4) is 11.3 Å². The molecule has 33 heavy (non-hydrogen) atoms. The minimum absolute atomic E-state index is 0.0137. The van der Waals surface area contributed by atoms with Crippen LogP contribution >= 0.6 is 11.8 Å². The van der Waals surface area contributed by atoms with Gasteiger partial charge >= 0.3 is 6.18 Å². The Kier molecular flexibility index (Phi) is 5.31. The zero-order valence-corrected chi connectivity index (χ0v) is 19.9. The van der Waals surface area contributed by atoms with Gasteiger partial charge in [0, 0.05) is 23.7 Å². The van der Waals surface area contributed by atoms with Crippen molar-refractivity contribution in [3.63, 3.8) is 0 Å². The maximum atomic E-state index is 13.9. The Morgan fingerprint density at radius 2 is 1.91 bits per heavy atom. The summed E-state index contributed by atoms with van der Waals surface area (Å²) in [4.78, 5) is 23.5. The molecule has 1 saturated heterocycles. The van der Waals surface area contributed by atoms with Crippen molar-refractivity contribution in [2.75, 3.05) is 12.3 Å². The van der Waals surface area contributed by atoms with E-state index >= 15 is 0 Å². The highest BCUT2D eigenvalue weighted by Crippen LogP contribution is 2.52. The number of halogens is 3. The molecule has 2 bridgehead atoms. The van der Waals surface area contributed by atoms with Crippen molar-refractivity contribution in [1.82, 2.24) is 14.9 Å². The number of likely N-dealkylation sites (tertiary alicyclic amines) is 1. The maximum Gasteiger partial charge on any atom is 0.433 e. The van der Waals surface area contributed by atoms with Crippen LogP contribution in [0.4, 0.5) is 13.2 Å². The molecular formula is C25H28F3N3OS. The van der Waals surface area contributed by atoms with E-state index in [1.165, 1.54) is 0 Å².